The van der Waals surface area contributed by atoms with Crippen LogP contribution >= 0.6 is 0 Å². The minimum Gasteiger partial charge on any atom is -0.248 e. The van der Waals surface area contributed by atoms with Gasteiger partial charge in [0.15, 0.2) is 0 Å². The van der Waals surface area contributed by atoms with Crippen molar-refractivity contribution in [2.24, 2.45) is 0 Å². The molecule has 0 aliphatic carbocycles. The first-order valence-corrected chi connectivity index (χ1v) is 6.68. The topological polar surface area (TPSA) is 12.9 Å². The molecule has 0 radical (unpaired) electrons. The molecule has 0 unspecified atom stereocenters. The quantitative estimate of drug-likeness (QED) is 0.624. The van der Waals surface area contributed by atoms with E-state index in [9.17, 15) is 13.2 Å². The van der Waals surface area contributed by atoms with E-state index in [2.05, 4.69) is 11.6 Å². The Morgan fingerprint density at radius 3 is 2.23 bits per heavy atom. The summed E-state index contributed by atoms with van der Waals surface area (Å²) in [6.45, 7) is 3.95. The summed E-state index contributed by atoms with van der Waals surface area (Å²) in [4.78, 5) is 4.50. The van der Waals surface area contributed by atoms with E-state index in [0.29, 0.717) is 16.8 Å². The summed E-state index contributed by atoms with van der Waals surface area (Å²) in [6, 6.07) is 16.3. The standard InChI is InChI=1S/C18H12F3N/c1-12(13-6-9-15(10-7-13)18(19,20)21)16-11-8-14-4-2-3-5-17(14)22-16/h2-11H,1H2. The van der Waals surface area contributed by atoms with Crippen molar-refractivity contribution in [2.45, 2.75) is 6.18 Å². The van der Waals surface area contributed by atoms with Crippen LogP contribution in [0, 0.1) is 0 Å². The van der Waals surface area contributed by atoms with E-state index in [-0.39, 0.29) is 0 Å². The molecule has 0 aliphatic rings. The maximum atomic E-state index is 12.6. The highest BCUT2D eigenvalue weighted by Gasteiger charge is 2.30. The first-order valence-electron chi connectivity index (χ1n) is 6.68. The zero-order chi connectivity index (χ0) is 15.7. The van der Waals surface area contributed by atoms with Crippen LogP contribution in [-0.2, 0) is 6.18 Å². The Morgan fingerprint density at radius 1 is 0.864 bits per heavy atom. The predicted octanol–water partition coefficient (Wildman–Crippen LogP) is 5.32. The third-order valence-corrected chi connectivity index (χ3v) is 3.47. The highest BCUT2D eigenvalue weighted by atomic mass is 19.4. The van der Waals surface area contributed by atoms with Gasteiger partial charge in [-0.3, -0.25) is 0 Å². The molecule has 0 atom stereocenters. The van der Waals surface area contributed by atoms with Gasteiger partial charge in [0, 0.05) is 11.0 Å². The van der Waals surface area contributed by atoms with Crippen LogP contribution in [0.5, 0.6) is 0 Å². The predicted molar refractivity (Wildman–Crippen MR) is 81.3 cm³/mol. The van der Waals surface area contributed by atoms with Crippen LogP contribution < -0.4 is 0 Å². The molecule has 0 saturated heterocycles. The second kappa shape index (κ2) is 5.30. The number of nitrogens with zero attached hydrogens (tertiary/aromatic N) is 1. The molecule has 0 N–H and O–H groups in total. The van der Waals surface area contributed by atoms with Crippen LogP contribution in [0.1, 0.15) is 16.8 Å². The number of halogens is 3. The lowest BCUT2D eigenvalue weighted by Crippen LogP contribution is -2.04. The molecular weight excluding hydrogens is 287 g/mol. The lowest BCUT2D eigenvalue weighted by Gasteiger charge is -2.10. The number of para-hydroxylation sites is 1. The summed E-state index contributed by atoms with van der Waals surface area (Å²) >= 11 is 0. The third-order valence-electron chi connectivity index (χ3n) is 3.47. The SMILES string of the molecule is C=C(c1ccc(C(F)(F)F)cc1)c1ccc2ccccc2n1. The number of alkyl halides is 3. The number of pyridine rings is 1. The molecule has 0 bridgehead atoms. The van der Waals surface area contributed by atoms with E-state index in [0.717, 1.165) is 23.0 Å². The molecule has 0 aliphatic heterocycles. The molecule has 0 saturated carbocycles. The molecule has 110 valence electrons. The number of hydrogen-bond acceptors (Lipinski definition) is 1. The van der Waals surface area contributed by atoms with Crippen LogP contribution in [-0.4, -0.2) is 4.98 Å². The Bertz CT molecular complexity index is 833. The lowest BCUT2D eigenvalue weighted by atomic mass is 10.0. The second-order valence-corrected chi connectivity index (χ2v) is 4.94. The monoisotopic (exact) mass is 299 g/mol. The van der Waals surface area contributed by atoms with E-state index in [1.54, 1.807) is 0 Å². The fraction of sp³-hybridized carbons (Fsp3) is 0.0556. The molecule has 3 rings (SSSR count). The van der Waals surface area contributed by atoms with E-state index < -0.39 is 11.7 Å². The number of benzene rings is 2. The van der Waals surface area contributed by atoms with Gasteiger partial charge in [-0.2, -0.15) is 13.2 Å². The van der Waals surface area contributed by atoms with Gasteiger partial charge in [0.05, 0.1) is 16.8 Å². The fourth-order valence-corrected chi connectivity index (χ4v) is 2.24. The average molecular weight is 299 g/mol. The van der Waals surface area contributed by atoms with E-state index in [4.69, 9.17) is 0 Å². The minimum absolute atomic E-state index is 0.597. The van der Waals surface area contributed by atoms with Gasteiger partial charge in [0.25, 0.3) is 0 Å². The molecule has 0 fully saturated rings. The maximum Gasteiger partial charge on any atom is 0.416 e. The van der Waals surface area contributed by atoms with Gasteiger partial charge >= 0.3 is 6.18 Å². The minimum atomic E-state index is -4.33. The smallest absolute Gasteiger partial charge is 0.248 e. The largest absolute Gasteiger partial charge is 0.416 e. The molecule has 1 aromatic heterocycles. The summed E-state index contributed by atoms with van der Waals surface area (Å²) in [6.07, 6.45) is -4.33. The molecule has 1 heterocycles. The Kier molecular flexibility index (Phi) is 3.45. The van der Waals surface area contributed by atoms with Gasteiger partial charge in [-0.1, -0.05) is 43.0 Å². The number of rotatable bonds is 2. The first kappa shape index (κ1) is 14.3. The molecule has 1 nitrogen and oxygen atoms in total. The third kappa shape index (κ3) is 2.72. The van der Waals surface area contributed by atoms with Crippen molar-refractivity contribution in [3.63, 3.8) is 0 Å². The molecule has 22 heavy (non-hydrogen) atoms. The van der Waals surface area contributed by atoms with E-state index in [1.807, 2.05) is 36.4 Å². The Labute approximate surface area is 125 Å². The summed E-state index contributed by atoms with van der Waals surface area (Å²) < 4.78 is 37.8. The Balaban J connectivity index is 1.95. The van der Waals surface area contributed by atoms with Gasteiger partial charge in [-0.15, -0.1) is 0 Å². The summed E-state index contributed by atoms with van der Waals surface area (Å²) in [5.74, 6) is 0. The van der Waals surface area contributed by atoms with Crippen LogP contribution in [0.25, 0.3) is 16.5 Å². The molecule has 2 aromatic carbocycles. The normalized spacial score (nSPS) is 11.6. The van der Waals surface area contributed by atoms with Gasteiger partial charge < -0.3 is 0 Å². The van der Waals surface area contributed by atoms with Gasteiger partial charge in [-0.05, 0) is 29.8 Å². The van der Waals surface area contributed by atoms with Crippen molar-refractivity contribution in [1.82, 2.24) is 4.98 Å². The van der Waals surface area contributed by atoms with Crippen LogP contribution in [0.2, 0.25) is 0 Å². The van der Waals surface area contributed by atoms with Crippen molar-refractivity contribution in [3.8, 4) is 0 Å². The van der Waals surface area contributed by atoms with Crippen LogP contribution in [0.4, 0.5) is 13.2 Å². The highest BCUT2D eigenvalue weighted by Crippen LogP contribution is 2.31. The number of fused-ring (bicyclic) bond motifs is 1. The van der Waals surface area contributed by atoms with Gasteiger partial charge in [0.2, 0.25) is 0 Å². The fourth-order valence-electron chi connectivity index (χ4n) is 2.24. The molecule has 3 aromatic rings. The van der Waals surface area contributed by atoms with Crippen molar-refractivity contribution >= 4 is 16.5 Å². The van der Waals surface area contributed by atoms with E-state index in [1.165, 1.54) is 12.1 Å². The van der Waals surface area contributed by atoms with Crippen molar-refractivity contribution in [1.29, 1.82) is 0 Å². The van der Waals surface area contributed by atoms with Gasteiger partial charge in [-0.25, -0.2) is 4.98 Å². The van der Waals surface area contributed by atoms with Crippen LogP contribution in [0.15, 0.2) is 67.2 Å². The molecule has 4 heteroatoms. The summed E-state index contributed by atoms with van der Waals surface area (Å²) in [7, 11) is 0. The van der Waals surface area contributed by atoms with Crippen molar-refractivity contribution in [2.75, 3.05) is 0 Å². The highest BCUT2D eigenvalue weighted by molar-refractivity contribution is 5.83. The van der Waals surface area contributed by atoms with Crippen molar-refractivity contribution < 1.29 is 13.2 Å². The molecule has 0 spiro atoms. The summed E-state index contributed by atoms with van der Waals surface area (Å²) in [5, 5.41) is 1.01. The van der Waals surface area contributed by atoms with E-state index >= 15 is 0 Å². The number of hydrogen-bond donors (Lipinski definition) is 0. The summed E-state index contributed by atoms with van der Waals surface area (Å²) in [5.41, 5.74) is 2.03. The van der Waals surface area contributed by atoms with Crippen LogP contribution in [0.3, 0.4) is 0 Å². The zero-order valence-corrected chi connectivity index (χ0v) is 11.6. The Morgan fingerprint density at radius 2 is 1.55 bits per heavy atom. The average Bonchev–Trinajstić information content (AvgIpc) is 2.53. The number of aromatic nitrogens is 1. The molecular formula is C18H12F3N. The molecule has 0 amide bonds. The lowest BCUT2D eigenvalue weighted by molar-refractivity contribution is -0.137. The zero-order valence-electron chi connectivity index (χ0n) is 11.6. The van der Waals surface area contributed by atoms with Crippen molar-refractivity contribution in [3.05, 3.63) is 84.1 Å². The van der Waals surface area contributed by atoms with Gasteiger partial charge in [0.1, 0.15) is 0 Å². The Hall–Kier alpha value is -2.62. The first-order chi connectivity index (χ1) is 10.4. The second-order valence-electron chi connectivity index (χ2n) is 4.94. The maximum absolute atomic E-state index is 12.6.